The number of carbonyl (C=O) groups excluding carboxylic acids is 2. The van der Waals surface area contributed by atoms with E-state index in [-0.39, 0.29) is 41.5 Å². The lowest BCUT2D eigenvalue weighted by atomic mass is 9.44. The van der Waals surface area contributed by atoms with Crippen LogP contribution in [0.1, 0.15) is 65.2 Å². The third kappa shape index (κ3) is 2.20. The van der Waals surface area contributed by atoms with E-state index in [1.54, 1.807) is 0 Å². The summed E-state index contributed by atoms with van der Waals surface area (Å²) in [7, 11) is 0. The Balaban J connectivity index is 1.70. The van der Waals surface area contributed by atoms with E-state index in [0.29, 0.717) is 12.3 Å². The topological polar surface area (TPSA) is 94.8 Å². The molecule has 0 aliphatic heterocycles. The smallest absolute Gasteiger partial charge is 0.190 e. The molecule has 5 heteroatoms. The van der Waals surface area contributed by atoms with Gasteiger partial charge in [0, 0.05) is 17.8 Å². The van der Waals surface area contributed by atoms with Gasteiger partial charge in [0.15, 0.2) is 5.78 Å². The van der Waals surface area contributed by atoms with Crippen LogP contribution in [0.2, 0.25) is 0 Å². The summed E-state index contributed by atoms with van der Waals surface area (Å²) in [6, 6.07) is 0. The minimum Gasteiger partial charge on any atom is -0.393 e. The SMILES string of the molecule is C[C@]12CC[C@@H](O)C[C@@H]1CC[C@H]1[C@H]3CC[C@](O)(C(=O)CO)[C@]3(C)CC(=O)[C@@H]12. The van der Waals surface area contributed by atoms with Gasteiger partial charge < -0.3 is 15.3 Å². The quantitative estimate of drug-likeness (QED) is 0.695. The highest BCUT2D eigenvalue weighted by Crippen LogP contribution is 2.67. The molecule has 0 aromatic carbocycles. The summed E-state index contributed by atoms with van der Waals surface area (Å²) < 4.78 is 0. The largest absolute Gasteiger partial charge is 0.393 e. The lowest BCUT2D eigenvalue weighted by Gasteiger charge is -2.60. The molecular weight excluding hydrogens is 332 g/mol. The molecule has 4 saturated carbocycles. The van der Waals surface area contributed by atoms with Gasteiger partial charge in [0.25, 0.3) is 0 Å². The molecule has 0 heterocycles. The zero-order valence-corrected chi connectivity index (χ0v) is 15.9. The van der Waals surface area contributed by atoms with Crippen LogP contribution in [0.5, 0.6) is 0 Å². The molecule has 4 fully saturated rings. The summed E-state index contributed by atoms with van der Waals surface area (Å²) in [4.78, 5) is 25.7. The Morgan fingerprint density at radius 2 is 1.88 bits per heavy atom. The Hall–Kier alpha value is -0.780. The predicted octanol–water partition coefficient (Wildman–Crippen LogP) is 1.86. The lowest BCUT2D eigenvalue weighted by Crippen LogP contribution is -2.62. The number of carbonyl (C=O) groups is 2. The first-order valence-electron chi connectivity index (χ1n) is 10.2. The summed E-state index contributed by atoms with van der Waals surface area (Å²) in [6.45, 7) is 3.46. The zero-order chi connectivity index (χ0) is 18.9. The van der Waals surface area contributed by atoms with E-state index in [0.717, 1.165) is 38.5 Å². The van der Waals surface area contributed by atoms with Crippen molar-refractivity contribution in [3.8, 4) is 0 Å². The Morgan fingerprint density at radius 3 is 2.58 bits per heavy atom. The van der Waals surface area contributed by atoms with Gasteiger partial charge in [-0.05, 0) is 68.1 Å². The summed E-state index contributed by atoms with van der Waals surface area (Å²) >= 11 is 0. The summed E-state index contributed by atoms with van der Waals surface area (Å²) in [6.07, 6.45) is 5.47. The van der Waals surface area contributed by atoms with Crippen LogP contribution in [0.15, 0.2) is 0 Å². The third-order valence-corrected chi connectivity index (χ3v) is 9.08. The number of aliphatic hydroxyl groups excluding tert-OH is 2. The molecule has 0 saturated heterocycles. The number of fused-ring (bicyclic) bond motifs is 5. The van der Waals surface area contributed by atoms with Gasteiger partial charge in [-0.1, -0.05) is 13.8 Å². The maximum atomic E-state index is 13.4. The van der Waals surface area contributed by atoms with Crippen molar-refractivity contribution in [3.05, 3.63) is 0 Å². The molecule has 5 nitrogen and oxygen atoms in total. The average Bonchev–Trinajstić information content (AvgIpc) is 2.86. The molecular formula is C21H32O5. The Labute approximate surface area is 155 Å². The van der Waals surface area contributed by atoms with Gasteiger partial charge in [-0.3, -0.25) is 9.59 Å². The molecule has 0 aromatic heterocycles. The Bertz CT molecular complexity index is 632. The van der Waals surface area contributed by atoms with Crippen LogP contribution >= 0.6 is 0 Å². The van der Waals surface area contributed by atoms with Crippen molar-refractivity contribution < 1.29 is 24.9 Å². The molecule has 0 spiro atoms. The zero-order valence-electron chi connectivity index (χ0n) is 15.9. The number of ketones is 2. The molecule has 0 bridgehead atoms. The number of rotatable bonds is 2. The second-order valence-corrected chi connectivity index (χ2v) is 10.00. The van der Waals surface area contributed by atoms with E-state index < -0.39 is 23.4 Å². The van der Waals surface area contributed by atoms with E-state index >= 15 is 0 Å². The molecule has 0 radical (unpaired) electrons. The van der Waals surface area contributed by atoms with Gasteiger partial charge >= 0.3 is 0 Å². The standard InChI is InChI=1S/C21H32O5/c1-19-7-5-13(23)9-12(19)3-4-14-15-6-8-21(26,17(25)11-22)20(15,2)10-16(24)18(14)19/h12-15,18,22-23,26H,3-11H2,1-2H3/t12-,13+,14-,15+,18+,19-,20+,21-/m0/s1. The molecule has 26 heavy (non-hydrogen) atoms. The van der Waals surface area contributed by atoms with Crippen molar-refractivity contribution in [1.29, 1.82) is 0 Å². The third-order valence-electron chi connectivity index (χ3n) is 9.08. The lowest BCUT2D eigenvalue weighted by molar-refractivity contribution is -0.180. The minimum absolute atomic E-state index is 0.0154. The number of aliphatic hydroxyl groups is 3. The summed E-state index contributed by atoms with van der Waals surface area (Å²) in [5.41, 5.74) is -2.40. The average molecular weight is 364 g/mol. The van der Waals surface area contributed by atoms with Crippen molar-refractivity contribution in [2.75, 3.05) is 6.61 Å². The first kappa shape index (κ1) is 18.6. The van der Waals surface area contributed by atoms with Crippen molar-refractivity contribution in [2.45, 2.75) is 76.9 Å². The van der Waals surface area contributed by atoms with Crippen LogP contribution in [-0.2, 0) is 9.59 Å². The maximum absolute atomic E-state index is 13.4. The van der Waals surface area contributed by atoms with E-state index in [2.05, 4.69) is 6.92 Å². The molecule has 4 aliphatic rings. The molecule has 0 unspecified atom stereocenters. The number of hydrogen-bond acceptors (Lipinski definition) is 5. The Kier molecular flexibility index (Phi) is 4.18. The fourth-order valence-electron chi connectivity index (χ4n) is 7.64. The molecule has 0 amide bonds. The molecule has 4 aliphatic carbocycles. The van der Waals surface area contributed by atoms with Crippen molar-refractivity contribution in [3.63, 3.8) is 0 Å². The van der Waals surface area contributed by atoms with Crippen LogP contribution < -0.4 is 0 Å². The van der Waals surface area contributed by atoms with Gasteiger partial charge in [0.1, 0.15) is 18.0 Å². The van der Waals surface area contributed by atoms with E-state index in [1.165, 1.54) is 0 Å². The molecule has 146 valence electrons. The maximum Gasteiger partial charge on any atom is 0.190 e. The Morgan fingerprint density at radius 1 is 1.15 bits per heavy atom. The van der Waals surface area contributed by atoms with Crippen LogP contribution in [0.25, 0.3) is 0 Å². The summed E-state index contributed by atoms with van der Waals surface area (Å²) in [5.74, 6) is 0.380. The van der Waals surface area contributed by atoms with Crippen molar-refractivity contribution in [2.24, 2.45) is 34.5 Å². The number of hydrogen-bond donors (Lipinski definition) is 3. The van der Waals surface area contributed by atoms with E-state index in [1.807, 2.05) is 6.92 Å². The van der Waals surface area contributed by atoms with Gasteiger partial charge in [0.05, 0.1) is 6.10 Å². The number of Topliss-reactive ketones (excluding diaryl/α,β-unsaturated/α-hetero) is 2. The van der Waals surface area contributed by atoms with Crippen molar-refractivity contribution in [1.82, 2.24) is 0 Å². The van der Waals surface area contributed by atoms with Crippen LogP contribution in [0, 0.1) is 34.5 Å². The summed E-state index contributed by atoms with van der Waals surface area (Å²) in [5, 5.41) is 30.6. The van der Waals surface area contributed by atoms with Gasteiger partial charge in [-0.2, -0.15) is 0 Å². The second kappa shape index (κ2) is 5.86. The fraction of sp³-hybridized carbons (Fsp3) is 0.905. The van der Waals surface area contributed by atoms with E-state index in [4.69, 9.17) is 0 Å². The molecule has 0 aromatic rings. The first-order valence-corrected chi connectivity index (χ1v) is 10.2. The van der Waals surface area contributed by atoms with Gasteiger partial charge in [-0.15, -0.1) is 0 Å². The highest BCUT2D eigenvalue weighted by atomic mass is 16.3. The normalized spacial score (nSPS) is 53.6. The first-order chi connectivity index (χ1) is 12.2. The fourth-order valence-corrected chi connectivity index (χ4v) is 7.64. The minimum atomic E-state index is -1.58. The van der Waals surface area contributed by atoms with Crippen LogP contribution in [-0.4, -0.2) is 45.2 Å². The van der Waals surface area contributed by atoms with Gasteiger partial charge in [-0.25, -0.2) is 0 Å². The second-order valence-electron chi connectivity index (χ2n) is 10.00. The van der Waals surface area contributed by atoms with Crippen LogP contribution in [0.3, 0.4) is 0 Å². The van der Waals surface area contributed by atoms with Crippen molar-refractivity contribution >= 4 is 11.6 Å². The molecule has 4 rings (SSSR count). The predicted molar refractivity (Wildman–Crippen MR) is 95.2 cm³/mol. The highest BCUT2D eigenvalue weighted by Gasteiger charge is 2.68. The highest BCUT2D eigenvalue weighted by molar-refractivity contribution is 5.92. The molecule has 3 N–H and O–H groups in total. The monoisotopic (exact) mass is 364 g/mol. The van der Waals surface area contributed by atoms with E-state index in [9.17, 15) is 24.9 Å². The van der Waals surface area contributed by atoms with Gasteiger partial charge in [0.2, 0.25) is 0 Å². The van der Waals surface area contributed by atoms with Crippen LogP contribution in [0.4, 0.5) is 0 Å². The molecule has 8 atom stereocenters.